The number of aliphatic hydroxyl groups excluding tert-OH is 1. The number of halogens is 1. The molecule has 2 aromatic rings. The average Bonchev–Trinajstić information content (AvgIpc) is 2.89. The molecule has 0 bridgehead atoms. The van der Waals surface area contributed by atoms with Crippen LogP contribution in [0.3, 0.4) is 0 Å². The van der Waals surface area contributed by atoms with Gasteiger partial charge in [0, 0.05) is 18.1 Å². The van der Waals surface area contributed by atoms with Crippen molar-refractivity contribution in [2.75, 3.05) is 13.1 Å². The number of hydrogen-bond acceptors (Lipinski definition) is 5. The number of benzene rings is 1. The van der Waals surface area contributed by atoms with Crippen LogP contribution in [0.1, 0.15) is 30.3 Å². The molecular weight excluding hydrogens is 340 g/mol. The molecule has 7 nitrogen and oxygen atoms in total. The zero-order valence-corrected chi connectivity index (χ0v) is 14.3. The van der Waals surface area contributed by atoms with Crippen LogP contribution in [-0.2, 0) is 10.0 Å². The van der Waals surface area contributed by atoms with Gasteiger partial charge in [0.2, 0.25) is 10.0 Å². The first-order chi connectivity index (χ1) is 10.8. The van der Waals surface area contributed by atoms with Gasteiger partial charge in [-0.25, -0.2) is 13.1 Å². The minimum Gasteiger partial charge on any atom is -0.387 e. The molecule has 2 heterocycles. The van der Waals surface area contributed by atoms with Crippen molar-refractivity contribution in [3.63, 3.8) is 0 Å². The monoisotopic (exact) mass is 356 g/mol. The summed E-state index contributed by atoms with van der Waals surface area (Å²) in [7, 11) is -3.55. The molecule has 0 spiro atoms. The molecule has 1 fully saturated rings. The number of sulfonamides is 1. The highest BCUT2D eigenvalue weighted by molar-refractivity contribution is 7.89. The highest BCUT2D eigenvalue weighted by Crippen LogP contribution is 2.30. The third-order valence-electron chi connectivity index (χ3n) is 3.94. The van der Waals surface area contributed by atoms with Crippen molar-refractivity contribution in [2.24, 2.45) is 0 Å². The molecule has 1 aromatic carbocycles. The minimum absolute atomic E-state index is 0.0781. The van der Waals surface area contributed by atoms with E-state index in [4.69, 9.17) is 11.6 Å². The fourth-order valence-corrected chi connectivity index (χ4v) is 4.11. The lowest BCUT2D eigenvalue weighted by Gasteiger charge is -2.37. The molecule has 0 saturated carbocycles. The Balaban J connectivity index is 1.73. The number of nitrogens with zero attached hydrogens (tertiary/aromatic N) is 4. The average molecular weight is 357 g/mol. The van der Waals surface area contributed by atoms with E-state index in [2.05, 4.69) is 10.3 Å². The van der Waals surface area contributed by atoms with E-state index in [1.807, 2.05) is 6.92 Å². The van der Waals surface area contributed by atoms with Crippen molar-refractivity contribution in [3.05, 3.63) is 40.7 Å². The molecule has 0 aliphatic carbocycles. The van der Waals surface area contributed by atoms with Crippen LogP contribution in [0.5, 0.6) is 0 Å². The van der Waals surface area contributed by atoms with E-state index in [1.54, 1.807) is 29.9 Å². The lowest BCUT2D eigenvalue weighted by Crippen LogP contribution is -2.50. The third kappa shape index (κ3) is 2.99. The van der Waals surface area contributed by atoms with Gasteiger partial charge in [-0.2, -0.15) is 4.31 Å². The van der Waals surface area contributed by atoms with Crippen molar-refractivity contribution in [3.8, 4) is 0 Å². The smallest absolute Gasteiger partial charge is 0.243 e. The Labute approximate surface area is 139 Å². The Morgan fingerprint density at radius 1 is 1.39 bits per heavy atom. The molecule has 1 unspecified atom stereocenters. The van der Waals surface area contributed by atoms with Gasteiger partial charge in [0.05, 0.1) is 23.2 Å². The van der Waals surface area contributed by atoms with Gasteiger partial charge in [0.25, 0.3) is 0 Å². The molecular formula is C14H17ClN4O3S. The maximum Gasteiger partial charge on any atom is 0.243 e. The summed E-state index contributed by atoms with van der Waals surface area (Å²) in [6, 6.07) is 4.65. The van der Waals surface area contributed by atoms with Gasteiger partial charge in [-0.15, -0.1) is 5.10 Å². The van der Waals surface area contributed by atoms with Crippen LogP contribution in [-0.4, -0.2) is 45.9 Å². The Morgan fingerprint density at radius 3 is 2.65 bits per heavy atom. The maximum absolute atomic E-state index is 12.6. The topological polar surface area (TPSA) is 88.3 Å². The summed E-state index contributed by atoms with van der Waals surface area (Å²) in [4.78, 5) is 0.190. The van der Waals surface area contributed by atoms with E-state index in [9.17, 15) is 13.5 Å². The molecule has 1 N–H and O–H groups in total. The first kappa shape index (κ1) is 16.4. The van der Waals surface area contributed by atoms with Crippen LogP contribution in [0.15, 0.2) is 29.3 Å². The van der Waals surface area contributed by atoms with Gasteiger partial charge in [-0.3, -0.25) is 0 Å². The first-order valence-corrected chi connectivity index (χ1v) is 8.97. The largest absolute Gasteiger partial charge is 0.387 e. The summed E-state index contributed by atoms with van der Waals surface area (Å²) in [6.07, 6.45) is 0.945. The van der Waals surface area contributed by atoms with Crippen molar-refractivity contribution < 1.29 is 13.5 Å². The van der Waals surface area contributed by atoms with Crippen molar-refractivity contribution >= 4 is 21.6 Å². The number of aryl methyl sites for hydroxylation is 1. The fraction of sp³-hybridized carbons (Fsp3) is 0.429. The van der Waals surface area contributed by atoms with E-state index in [1.165, 1.54) is 10.4 Å². The molecule has 124 valence electrons. The SMILES string of the molecule is Cc1ccc(S(=O)(=O)N2CC(n3cc(C(C)O)nn3)C2)cc1Cl. The maximum atomic E-state index is 12.6. The van der Waals surface area contributed by atoms with E-state index >= 15 is 0 Å². The summed E-state index contributed by atoms with van der Waals surface area (Å²) in [6.45, 7) is 4.06. The van der Waals surface area contributed by atoms with Gasteiger partial charge < -0.3 is 5.11 Å². The van der Waals surface area contributed by atoms with Crippen LogP contribution in [0.25, 0.3) is 0 Å². The second kappa shape index (κ2) is 5.86. The molecule has 23 heavy (non-hydrogen) atoms. The molecule has 0 radical (unpaired) electrons. The molecule has 1 aromatic heterocycles. The van der Waals surface area contributed by atoms with Crippen molar-refractivity contribution in [2.45, 2.75) is 30.9 Å². The highest BCUT2D eigenvalue weighted by atomic mass is 35.5. The Hall–Kier alpha value is -1.48. The first-order valence-electron chi connectivity index (χ1n) is 7.15. The zero-order chi connectivity index (χ0) is 16.8. The molecule has 1 atom stereocenters. The summed E-state index contributed by atoms with van der Waals surface area (Å²) >= 11 is 6.01. The molecule has 1 aliphatic heterocycles. The lowest BCUT2D eigenvalue weighted by atomic mass is 10.2. The summed E-state index contributed by atoms with van der Waals surface area (Å²) in [5, 5.41) is 17.7. The quantitative estimate of drug-likeness (QED) is 0.897. The van der Waals surface area contributed by atoms with Crippen molar-refractivity contribution in [1.29, 1.82) is 0 Å². The van der Waals surface area contributed by atoms with Crippen molar-refractivity contribution in [1.82, 2.24) is 19.3 Å². The molecule has 1 saturated heterocycles. The van der Waals surface area contributed by atoms with Gasteiger partial charge in [0.1, 0.15) is 5.69 Å². The Bertz CT molecular complexity index is 828. The van der Waals surface area contributed by atoms with Gasteiger partial charge in [-0.05, 0) is 31.5 Å². The van der Waals surface area contributed by atoms with Crippen LogP contribution in [0.2, 0.25) is 5.02 Å². The summed E-state index contributed by atoms with van der Waals surface area (Å²) < 4.78 is 28.1. The van der Waals surface area contributed by atoms with Gasteiger partial charge in [0.15, 0.2) is 0 Å². The zero-order valence-electron chi connectivity index (χ0n) is 12.7. The minimum atomic E-state index is -3.55. The van der Waals surface area contributed by atoms with Crippen LogP contribution < -0.4 is 0 Å². The van der Waals surface area contributed by atoms with E-state index in [0.29, 0.717) is 23.8 Å². The molecule has 3 rings (SSSR count). The highest BCUT2D eigenvalue weighted by Gasteiger charge is 2.38. The standard InChI is InChI=1S/C14H17ClN4O3S/c1-9-3-4-12(5-13(9)15)23(21,22)18-6-11(7-18)19-8-14(10(2)20)16-17-19/h3-5,8,10-11,20H,6-7H2,1-2H3. The lowest BCUT2D eigenvalue weighted by molar-refractivity contribution is 0.187. The molecule has 9 heteroatoms. The van der Waals surface area contributed by atoms with Gasteiger partial charge >= 0.3 is 0 Å². The number of hydrogen-bond donors (Lipinski definition) is 1. The number of rotatable bonds is 4. The fourth-order valence-electron chi connectivity index (χ4n) is 2.32. The Kier molecular flexibility index (Phi) is 4.18. The van der Waals surface area contributed by atoms with E-state index in [0.717, 1.165) is 5.56 Å². The second-order valence-corrected chi connectivity index (χ2v) is 8.03. The van der Waals surface area contributed by atoms with E-state index < -0.39 is 16.1 Å². The van der Waals surface area contributed by atoms with Gasteiger partial charge in [-0.1, -0.05) is 22.9 Å². The summed E-state index contributed by atoms with van der Waals surface area (Å²) in [5.74, 6) is 0. The van der Waals surface area contributed by atoms with Crippen LogP contribution in [0.4, 0.5) is 0 Å². The summed E-state index contributed by atoms with van der Waals surface area (Å²) in [5.41, 5.74) is 1.30. The van der Waals surface area contributed by atoms with Crippen LogP contribution in [0, 0.1) is 6.92 Å². The van der Waals surface area contributed by atoms with E-state index in [-0.39, 0.29) is 10.9 Å². The molecule has 1 aliphatic rings. The second-order valence-electron chi connectivity index (χ2n) is 5.69. The normalized spacial score (nSPS) is 17.9. The number of aliphatic hydroxyl groups is 1. The van der Waals surface area contributed by atoms with Crippen LogP contribution >= 0.6 is 11.6 Å². The molecule has 0 amide bonds. The Morgan fingerprint density at radius 2 is 2.09 bits per heavy atom. The number of aromatic nitrogens is 3. The third-order valence-corrected chi connectivity index (χ3v) is 6.17. The predicted octanol–water partition coefficient (Wildman–Crippen LogP) is 1.54. The predicted molar refractivity (Wildman–Crippen MR) is 84.6 cm³/mol.